The van der Waals surface area contributed by atoms with Gasteiger partial charge in [0.25, 0.3) is 0 Å². The average Bonchev–Trinajstić information content (AvgIpc) is 3.03. The van der Waals surface area contributed by atoms with Crippen LogP contribution in [0.15, 0.2) is 53.8 Å². The van der Waals surface area contributed by atoms with Crippen molar-refractivity contribution < 1.29 is 8.42 Å². The molecular weight excluding hydrogens is 373 g/mol. The van der Waals surface area contributed by atoms with Gasteiger partial charge < -0.3 is 0 Å². The third kappa shape index (κ3) is 3.57. The van der Waals surface area contributed by atoms with Crippen molar-refractivity contribution in [2.45, 2.75) is 11.4 Å². The molecule has 124 valence electrons. The molecule has 0 radical (unpaired) electrons. The lowest BCUT2D eigenvalue weighted by atomic mass is 10.4. The fraction of sp³-hybridized carbons (Fsp3) is 0.0714. The zero-order valence-electron chi connectivity index (χ0n) is 12.1. The van der Waals surface area contributed by atoms with Crippen molar-refractivity contribution >= 4 is 33.2 Å². The Morgan fingerprint density at radius 3 is 2.42 bits per heavy atom. The number of nitrogens with one attached hydrogen (secondary N) is 1. The minimum absolute atomic E-state index is 0.0467. The van der Waals surface area contributed by atoms with E-state index in [-0.39, 0.29) is 21.5 Å². The Balaban J connectivity index is 1.78. The van der Waals surface area contributed by atoms with E-state index in [1.165, 1.54) is 16.8 Å². The van der Waals surface area contributed by atoms with Crippen molar-refractivity contribution in [2.75, 3.05) is 0 Å². The molecule has 2 aromatic heterocycles. The van der Waals surface area contributed by atoms with Gasteiger partial charge in [-0.1, -0.05) is 34.5 Å². The molecular formula is C14H11Cl2N5O2S. The van der Waals surface area contributed by atoms with Gasteiger partial charge in [-0.25, -0.2) is 17.8 Å². The van der Waals surface area contributed by atoms with Crippen molar-refractivity contribution in [1.29, 1.82) is 0 Å². The summed E-state index contributed by atoms with van der Waals surface area (Å²) in [5.41, 5.74) is 1.21. The first-order valence-electron chi connectivity index (χ1n) is 6.73. The second-order valence-electron chi connectivity index (χ2n) is 4.74. The van der Waals surface area contributed by atoms with Crippen molar-refractivity contribution in [3.63, 3.8) is 0 Å². The molecule has 0 fully saturated rings. The van der Waals surface area contributed by atoms with Gasteiger partial charge in [0.05, 0.1) is 34.2 Å². The summed E-state index contributed by atoms with van der Waals surface area (Å²) < 4.78 is 28.7. The van der Waals surface area contributed by atoms with Crippen LogP contribution in [-0.2, 0) is 16.6 Å². The standard InChI is InChI=1S/C14H11Cl2N5O2S/c15-12-2-1-3-13(16)14(12)24(22,23)18-8-10-9-21(20-19-10)11-4-6-17-7-5-11/h1-7,9,18H,8H2. The molecule has 3 aromatic rings. The number of pyridine rings is 1. The SMILES string of the molecule is O=S(=O)(NCc1cn(-c2ccncc2)nn1)c1c(Cl)cccc1Cl. The number of rotatable bonds is 5. The van der Waals surface area contributed by atoms with Gasteiger partial charge in [-0.05, 0) is 24.3 Å². The lowest BCUT2D eigenvalue weighted by molar-refractivity contribution is 0.580. The predicted molar refractivity (Wildman–Crippen MR) is 89.6 cm³/mol. The number of sulfonamides is 1. The minimum Gasteiger partial charge on any atom is -0.265 e. The highest BCUT2D eigenvalue weighted by atomic mass is 35.5. The van der Waals surface area contributed by atoms with Gasteiger partial charge in [-0.15, -0.1) is 5.10 Å². The number of benzene rings is 1. The van der Waals surface area contributed by atoms with E-state index in [4.69, 9.17) is 23.2 Å². The molecule has 0 atom stereocenters. The summed E-state index contributed by atoms with van der Waals surface area (Å²) >= 11 is 11.9. The molecule has 1 aromatic carbocycles. The van der Waals surface area contributed by atoms with Gasteiger partial charge in [0, 0.05) is 12.4 Å². The maximum atomic E-state index is 12.4. The molecule has 0 bridgehead atoms. The average molecular weight is 384 g/mol. The molecule has 10 heteroatoms. The van der Waals surface area contributed by atoms with Gasteiger partial charge in [-0.2, -0.15) is 0 Å². The maximum absolute atomic E-state index is 12.4. The van der Waals surface area contributed by atoms with Crippen LogP contribution >= 0.6 is 23.2 Å². The normalized spacial score (nSPS) is 11.6. The molecule has 0 saturated carbocycles. The van der Waals surface area contributed by atoms with E-state index in [0.29, 0.717) is 5.69 Å². The highest BCUT2D eigenvalue weighted by Gasteiger charge is 2.21. The van der Waals surface area contributed by atoms with E-state index in [2.05, 4.69) is 20.0 Å². The first kappa shape index (κ1) is 16.8. The quantitative estimate of drug-likeness (QED) is 0.730. The molecule has 0 aliphatic rings. The fourth-order valence-electron chi connectivity index (χ4n) is 1.98. The largest absolute Gasteiger partial charge is 0.265 e. The van der Waals surface area contributed by atoms with Crippen LogP contribution in [0.1, 0.15) is 5.69 Å². The van der Waals surface area contributed by atoms with Gasteiger partial charge in [-0.3, -0.25) is 4.98 Å². The highest BCUT2D eigenvalue weighted by molar-refractivity contribution is 7.89. The zero-order chi connectivity index (χ0) is 17.2. The number of halogens is 2. The van der Waals surface area contributed by atoms with Crippen molar-refractivity contribution in [1.82, 2.24) is 24.7 Å². The molecule has 0 saturated heterocycles. The van der Waals surface area contributed by atoms with Gasteiger partial charge in [0.2, 0.25) is 10.0 Å². The van der Waals surface area contributed by atoms with Gasteiger partial charge in [0.1, 0.15) is 4.90 Å². The van der Waals surface area contributed by atoms with Crippen LogP contribution < -0.4 is 4.72 Å². The van der Waals surface area contributed by atoms with E-state index in [1.54, 1.807) is 36.8 Å². The molecule has 0 aliphatic heterocycles. The number of aromatic nitrogens is 4. The Hall–Kier alpha value is -2.00. The second kappa shape index (κ2) is 6.86. The predicted octanol–water partition coefficient (Wildman–Crippen LogP) is 2.45. The summed E-state index contributed by atoms with van der Waals surface area (Å²) in [6, 6.07) is 8.01. The van der Waals surface area contributed by atoms with Gasteiger partial charge in [0.15, 0.2) is 0 Å². The van der Waals surface area contributed by atoms with Crippen LogP contribution in [0.3, 0.4) is 0 Å². The van der Waals surface area contributed by atoms with Crippen LogP contribution in [0, 0.1) is 0 Å². The van der Waals surface area contributed by atoms with E-state index < -0.39 is 10.0 Å². The molecule has 3 rings (SSSR count). The Labute approximate surface area is 148 Å². The Morgan fingerprint density at radius 2 is 1.75 bits per heavy atom. The lowest BCUT2D eigenvalue weighted by Gasteiger charge is -2.08. The first-order valence-corrected chi connectivity index (χ1v) is 8.96. The van der Waals surface area contributed by atoms with Crippen LogP contribution in [0.25, 0.3) is 5.69 Å². The van der Waals surface area contributed by atoms with Crippen molar-refractivity contribution in [3.05, 3.63) is 64.7 Å². The summed E-state index contributed by atoms with van der Waals surface area (Å²) in [5, 5.41) is 7.98. The lowest BCUT2D eigenvalue weighted by Crippen LogP contribution is -2.24. The van der Waals surface area contributed by atoms with Crippen LogP contribution in [0.4, 0.5) is 0 Å². The molecule has 1 N–H and O–H groups in total. The summed E-state index contributed by atoms with van der Waals surface area (Å²) in [6.45, 7) is -0.0467. The third-order valence-electron chi connectivity index (χ3n) is 3.10. The van der Waals surface area contributed by atoms with Crippen LogP contribution in [0.2, 0.25) is 10.0 Å². The van der Waals surface area contributed by atoms with Crippen LogP contribution in [-0.4, -0.2) is 28.4 Å². The fourth-order valence-corrected chi connectivity index (χ4v) is 4.12. The summed E-state index contributed by atoms with van der Waals surface area (Å²) in [7, 11) is -3.88. The Kier molecular flexibility index (Phi) is 4.81. The van der Waals surface area contributed by atoms with E-state index in [9.17, 15) is 8.42 Å². The topological polar surface area (TPSA) is 89.8 Å². The zero-order valence-corrected chi connectivity index (χ0v) is 14.4. The third-order valence-corrected chi connectivity index (χ3v) is 5.45. The molecule has 0 aliphatic carbocycles. The maximum Gasteiger partial charge on any atom is 0.243 e. The number of hydrogen-bond donors (Lipinski definition) is 1. The van der Waals surface area contributed by atoms with E-state index >= 15 is 0 Å². The molecule has 0 amide bonds. The van der Waals surface area contributed by atoms with Crippen LogP contribution in [0.5, 0.6) is 0 Å². The summed E-state index contributed by atoms with van der Waals surface area (Å²) in [4.78, 5) is 3.76. The molecule has 0 spiro atoms. The Morgan fingerprint density at radius 1 is 1.08 bits per heavy atom. The highest BCUT2D eigenvalue weighted by Crippen LogP contribution is 2.28. The monoisotopic (exact) mass is 383 g/mol. The number of hydrogen-bond acceptors (Lipinski definition) is 5. The molecule has 7 nitrogen and oxygen atoms in total. The first-order chi connectivity index (χ1) is 11.5. The van der Waals surface area contributed by atoms with E-state index in [1.807, 2.05) is 0 Å². The number of nitrogens with zero attached hydrogens (tertiary/aromatic N) is 4. The smallest absolute Gasteiger partial charge is 0.243 e. The van der Waals surface area contributed by atoms with E-state index in [0.717, 1.165) is 5.69 Å². The van der Waals surface area contributed by atoms with Crippen molar-refractivity contribution in [3.8, 4) is 5.69 Å². The summed E-state index contributed by atoms with van der Waals surface area (Å²) in [5.74, 6) is 0. The molecule has 24 heavy (non-hydrogen) atoms. The molecule has 0 unspecified atom stereocenters. The second-order valence-corrected chi connectivity index (χ2v) is 7.25. The van der Waals surface area contributed by atoms with Gasteiger partial charge >= 0.3 is 0 Å². The Bertz CT molecular complexity index is 940. The minimum atomic E-state index is -3.88. The summed E-state index contributed by atoms with van der Waals surface area (Å²) in [6.07, 6.45) is 4.86. The molecule has 2 heterocycles. The van der Waals surface area contributed by atoms with Crippen molar-refractivity contribution in [2.24, 2.45) is 0 Å².